The van der Waals surface area contributed by atoms with Crippen molar-refractivity contribution < 1.29 is 57.3 Å². The first-order valence-corrected chi connectivity index (χ1v) is 19.3. The molecule has 6 rings (SSSR count). The van der Waals surface area contributed by atoms with Gasteiger partial charge in [-0.1, -0.05) is 13.8 Å². The number of nitrogens with zero attached hydrogens (tertiary/aromatic N) is 1. The van der Waals surface area contributed by atoms with E-state index < -0.39 is 66.8 Å². The molecule has 2 aliphatic carbocycles. The smallest absolute Gasteiger partial charge is 0.341 e. The number of esters is 4. The lowest BCUT2D eigenvalue weighted by Crippen LogP contribution is -2.44. The van der Waals surface area contributed by atoms with Crippen LogP contribution >= 0.6 is 22.7 Å². The maximum absolute atomic E-state index is 13.4. The quantitative estimate of drug-likeness (QED) is 0.156. The number of carbonyl (C=O) groups is 8. The molecule has 4 amide bonds. The molecule has 3 aromatic rings. The lowest BCUT2D eigenvalue weighted by molar-refractivity contribution is -0.150. The van der Waals surface area contributed by atoms with E-state index in [2.05, 4.69) is 24.5 Å². The summed E-state index contributed by atoms with van der Waals surface area (Å²) >= 11 is 2.55. The number of anilines is 2. The van der Waals surface area contributed by atoms with Gasteiger partial charge in [-0.25, -0.2) is 19.2 Å². The zero-order valence-corrected chi connectivity index (χ0v) is 32.4. The highest BCUT2D eigenvalue weighted by Gasteiger charge is 2.42. The van der Waals surface area contributed by atoms with Crippen molar-refractivity contribution in [3.8, 4) is 0 Å². The van der Waals surface area contributed by atoms with E-state index in [1.165, 1.54) is 55.9 Å². The number of methoxy groups -OCH3 is 2. The normalized spacial score (nSPS) is 17.7. The molecule has 0 saturated heterocycles. The number of nitrogens with one attached hydrogen (secondary N) is 2. The Morgan fingerprint density at radius 2 is 1.24 bits per heavy atom. The van der Waals surface area contributed by atoms with Gasteiger partial charge in [0.2, 0.25) is 0 Å². The molecule has 0 radical (unpaired) electrons. The Hall–Kier alpha value is -5.42. The highest BCUT2D eigenvalue weighted by Crippen LogP contribution is 2.41. The van der Waals surface area contributed by atoms with Crippen LogP contribution < -0.4 is 10.6 Å². The molecule has 0 unspecified atom stereocenters. The molecular weight excluding hydrogens is 755 g/mol. The Labute approximate surface area is 323 Å². The Kier molecular flexibility index (Phi) is 11.5. The SMILES string of the molecule is COC(=O)c1c(NC(=O)COC(=O)[C@@H](C)N2C(=O)c3ccc(C(=O)OCC(=O)Nc4sc5c(c4C(=O)OC)CC[C@H](C)C5)cc3C2=O)sc2c1CC[C@@H](C)C2. The molecular formula is C38H39N3O12S2. The molecule has 3 atom stereocenters. The van der Waals surface area contributed by atoms with Crippen LogP contribution in [0.15, 0.2) is 18.2 Å². The van der Waals surface area contributed by atoms with E-state index in [1.54, 1.807) is 0 Å². The Balaban J connectivity index is 1.05. The monoisotopic (exact) mass is 793 g/mol. The van der Waals surface area contributed by atoms with Gasteiger partial charge in [0.05, 0.1) is 42.0 Å². The molecule has 290 valence electrons. The maximum atomic E-state index is 13.4. The third kappa shape index (κ3) is 7.89. The second-order valence-corrected chi connectivity index (χ2v) is 16.0. The topological polar surface area (TPSA) is 201 Å². The van der Waals surface area contributed by atoms with Crippen LogP contribution in [0.2, 0.25) is 0 Å². The first-order chi connectivity index (χ1) is 26.2. The highest BCUT2D eigenvalue weighted by atomic mass is 32.1. The number of fused-ring (bicyclic) bond motifs is 3. The van der Waals surface area contributed by atoms with Crippen LogP contribution in [-0.4, -0.2) is 85.9 Å². The van der Waals surface area contributed by atoms with Crippen molar-refractivity contribution in [1.29, 1.82) is 0 Å². The molecule has 0 bridgehead atoms. The number of rotatable bonds is 11. The van der Waals surface area contributed by atoms with Gasteiger partial charge in [0.15, 0.2) is 13.2 Å². The van der Waals surface area contributed by atoms with E-state index in [9.17, 15) is 38.4 Å². The van der Waals surface area contributed by atoms with E-state index in [0.29, 0.717) is 45.1 Å². The van der Waals surface area contributed by atoms with E-state index in [-0.39, 0.29) is 22.3 Å². The Morgan fingerprint density at radius 1 is 0.745 bits per heavy atom. The van der Waals surface area contributed by atoms with Gasteiger partial charge >= 0.3 is 23.9 Å². The summed E-state index contributed by atoms with van der Waals surface area (Å²) in [6.07, 6.45) is 4.64. The van der Waals surface area contributed by atoms with Crippen LogP contribution in [0, 0.1) is 11.8 Å². The largest absolute Gasteiger partial charge is 0.465 e. The first kappa shape index (κ1) is 39.3. The van der Waals surface area contributed by atoms with Crippen molar-refractivity contribution in [2.45, 2.75) is 65.3 Å². The van der Waals surface area contributed by atoms with E-state index in [4.69, 9.17) is 18.9 Å². The minimum atomic E-state index is -1.44. The minimum absolute atomic E-state index is 0.0747. The zero-order valence-electron chi connectivity index (χ0n) is 30.8. The van der Waals surface area contributed by atoms with Crippen molar-refractivity contribution >= 4 is 80.2 Å². The zero-order chi connectivity index (χ0) is 39.7. The van der Waals surface area contributed by atoms with Crippen molar-refractivity contribution in [3.63, 3.8) is 0 Å². The molecule has 1 aliphatic heterocycles. The van der Waals surface area contributed by atoms with Crippen LogP contribution in [0.1, 0.15) is 106 Å². The second kappa shape index (κ2) is 16.1. The standard InChI is InChI=1S/C38H39N3O12S2/c1-17-6-9-22-25(12-17)54-31(29(22)37(48)50-4)39-27(42)15-52-35(46)19(3)41-33(44)21-11-8-20(14-24(21)34(41)45)36(47)53-16-28(43)40-32-30(38(49)51-5)23-10-7-18(2)13-26(23)55-32/h8,11,14,17-19H,6-7,9-10,12-13,15-16H2,1-5H3,(H,39,42)(H,40,43)/t17-,18+,19-/m1/s1. The number of imide groups is 1. The molecule has 3 aliphatic rings. The average Bonchev–Trinajstić information content (AvgIpc) is 3.78. The van der Waals surface area contributed by atoms with Crippen LogP contribution in [0.25, 0.3) is 0 Å². The fraction of sp³-hybridized carbons (Fsp3) is 0.421. The third-order valence-corrected chi connectivity index (χ3v) is 12.2. The van der Waals surface area contributed by atoms with Crippen LogP contribution in [-0.2, 0) is 59.0 Å². The van der Waals surface area contributed by atoms with Crippen molar-refractivity contribution in [2.75, 3.05) is 38.1 Å². The summed E-state index contributed by atoms with van der Waals surface area (Å²) in [5.41, 5.74) is 1.87. The molecule has 2 N–H and O–H groups in total. The van der Waals surface area contributed by atoms with Gasteiger partial charge < -0.3 is 29.6 Å². The van der Waals surface area contributed by atoms with E-state index in [1.807, 2.05) is 0 Å². The van der Waals surface area contributed by atoms with Gasteiger partial charge in [0.1, 0.15) is 16.0 Å². The van der Waals surface area contributed by atoms with E-state index in [0.717, 1.165) is 52.6 Å². The molecule has 3 heterocycles. The first-order valence-electron chi connectivity index (χ1n) is 17.6. The number of carbonyl (C=O) groups excluding carboxylic acids is 8. The fourth-order valence-electron chi connectivity index (χ4n) is 6.95. The van der Waals surface area contributed by atoms with Gasteiger partial charge in [-0.05, 0) is 86.6 Å². The fourth-order valence-corrected chi connectivity index (χ4v) is 9.78. The van der Waals surface area contributed by atoms with Crippen LogP contribution in [0.4, 0.5) is 10.0 Å². The van der Waals surface area contributed by atoms with Crippen molar-refractivity contribution in [3.05, 3.63) is 66.9 Å². The van der Waals surface area contributed by atoms with Gasteiger partial charge in [-0.2, -0.15) is 0 Å². The number of thiophene rings is 2. The van der Waals surface area contributed by atoms with E-state index >= 15 is 0 Å². The average molecular weight is 794 g/mol. The van der Waals surface area contributed by atoms with Gasteiger partial charge in [0.25, 0.3) is 23.6 Å². The molecule has 0 spiro atoms. The summed E-state index contributed by atoms with van der Waals surface area (Å²) < 4.78 is 20.2. The molecule has 17 heteroatoms. The van der Waals surface area contributed by atoms with Crippen molar-refractivity contribution in [1.82, 2.24) is 4.90 Å². The lowest BCUT2D eigenvalue weighted by atomic mass is 9.88. The summed E-state index contributed by atoms with van der Waals surface area (Å²) in [7, 11) is 2.51. The molecule has 15 nitrogen and oxygen atoms in total. The predicted molar refractivity (Wildman–Crippen MR) is 199 cm³/mol. The second-order valence-electron chi connectivity index (χ2n) is 13.8. The predicted octanol–water partition coefficient (Wildman–Crippen LogP) is 4.59. The molecule has 1 aromatic carbocycles. The number of benzene rings is 1. The van der Waals surface area contributed by atoms with Crippen LogP contribution in [0.5, 0.6) is 0 Å². The number of hydrogen-bond acceptors (Lipinski definition) is 14. The third-order valence-electron chi connectivity index (χ3n) is 9.87. The molecule has 2 aromatic heterocycles. The molecule has 0 saturated carbocycles. The summed E-state index contributed by atoms with van der Waals surface area (Å²) in [6.45, 7) is 4.01. The Bertz CT molecular complexity index is 2140. The van der Waals surface area contributed by atoms with Crippen molar-refractivity contribution in [2.24, 2.45) is 11.8 Å². The van der Waals surface area contributed by atoms with Crippen LogP contribution in [0.3, 0.4) is 0 Å². The lowest BCUT2D eigenvalue weighted by Gasteiger charge is -2.20. The highest BCUT2D eigenvalue weighted by molar-refractivity contribution is 7.17. The van der Waals surface area contributed by atoms with Gasteiger partial charge in [-0.15, -0.1) is 22.7 Å². The minimum Gasteiger partial charge on any atom is -0.465 e. The maximum Gasteiger partial charge on any atom is 0.341 e. The van der Waals surface area contributed by atoms with Gasteiger partial charge in [-0.3, -0.25) is 24.1 Å². The van der Waals surface area contributed by atoms with Gasteiger partial charge in [0, 0.05) is 9.75 Å². The summed E-state index contributed by atoms with van der Waals surface area (Å²) in [4.78, 5) is 106. The summed E-state index contributed by atoms with van der Waals surface area (Å²) in [5, 5.41) is 5.88. The Morgan fingerprint density at radius 3 is 1.75 bits per heavy atom. The number of amides is 4. The number of hydrogen-bond donors (Lipinski definition) is 2. The summed E-state index contributed by atoms with van der Waals surface area (Å²) in [5.74, 6) is -5.44. The summed E-state index contributed by atoms with van der Waals surface area (Å²) in [6, 6.07) is 2.17. The molecule has 55 heavy (non-hydrogen) atoms. The molecule has 0 fully saturated rings. The number of ether oxygens (including phenoxy) is 4.